The van der Waals surface area contributed by atoms with E-state index in [4.69, 9.17) is 10.5 Å². The highest BCUT2D eigenvalue weighted by molar-refractivity contribution is 6.10. The lowest BCUT2D eigenvalue weighted by Crippen LogP contribution is -2.39. The Kier molecular flexibility index (Phi) is 4.02. The van der Waals surface area contributed by atoms with Crippen LogP contribution in [0, 0.1) is 5.92 Å². The van der Waals surface area contributed by atoms with Crippen LogP contribution in [0.3, 0.4) is 0 Å². The normalized spacial score (nSPS) is 15.7. The molecule has 0 saturated heterocycles. The molecular formula is C18H19N3O2. The van der Waals surface area contributed by atoms with Crippen molar-refractivity contribution >= 4 is 23.4 Å². The molecule has 1 aliphatic heterocycles. The zero-order valence-electron chi connectivity index (χ0n) is 13.2. The van der Waals surface area contributed by atoms with Crippen LogP contribution in [0.1, 0.15) is 19.4 Å². The Bertz CT molecular complexity index is 754. The Morgan fingerprint density at radius 2 is 2.00 bits per heavy atom. The molecule has 1 aromatic heterocycles. The van der Waals surface area contributed by atoms with Gasteiger partial charge in [0.15, 0.2) is 11.5 Å². The van der Waals surface area contributed by atoms with Crippen LogP contribution < -0.4 is 15.4 Å². The van der Waals surface area contributed by atoms with Crippen molar-refractivity contribution in [3.63, 3.8) is 0 Å². The Morgan fingerprint density at radius 3 is 2.70 bits per heavy atom. The molecule has 23 heavy (non-hydrogen) atoms. The van der Waals surface area contributed by atoms with Gasteiger partial charge in [0.2, 0.25) is 0 Å². The van der Waals surface area contributed by atoms with Crippen molar-refractivity contribution in [3.8, 4) is 5.75 Å². The van der Waals surface area contributed by atoms with E-state index >= 15 is 0 Å². The van der Waals surface area contributed by atoms with E-state index < -0.39 is 0 Å². The van der Waals surface area contributed by atoms with E-state index in [0.717, 1.165) is 11.3 Å². The molecule has 1 aliphatic rings. The Balaban J connectivity index is 2.04. The fourth-order valence-corrected chi connectivity index (χ4v) is 2.48. The third kappa shape index (κ3) is 3.18. The number of fused-ring (bicyclic) bond motifs is 1. The average molecular weight is 309 g/mol. The third-order valence-electron chi connectivity index (χ3n) is 3.50. The predicted molar refractivity (Wildman–Crippen MR) is 90.9 cm³/mol. The average Bonchev–Trinajstić information content (AvgIpc) is 2.53. The molecule has 0 radical (unpaired) electrons. The van der Waals surface area contributed by atoms with Crippen molar-refractivity contribution in [2.45, 2.75) is 13.8 Å². The third-order valence-corrected chi connectivity index (χ3v) is 3.50. The Hall–Kier alpha value is -2.82. The molecule has 2 aromatic rings. The molecule has 0 spiro atoms. The van der Waals surface area contributed by atoms with Gasteiger partial charge in [0, 0.05) is 24.6 Å². The van der Waals surface area contributed by atoms with Gasteiger partial charge in [-0.3, -0.25) is 9.78 Å². The molecule has 2 heterocycles. The maximum absolute atomic E-state index is 12.8. The minimum atomic E-state index is -0.159. The number of anilines is 2. The second-order valence-electron chi connectivity index (χ2n) is 5.93. The van der Waals surface area contributed by atoms with E-state index in [1.54, 1.807) is 41.6 Å². The number of nitrogens with zero attached hydrogens (tertiary/aromatic N) is 2. The molecule has 0 bridgehead atoms. The van der Waals surface area contributed by atoms with Crippen LogP contribution in [0.5, 0.6) is 5.75 Å². The molecule has 1 aromatic carbocycles. The highest BCUT2D eigenvalue weighted by atomic mass is 16.5. The number of hydrogen-bond acceptors (Lipinski definition) is 4. The van der Waals surface area contributed by atoms with E-state index in [-0.39, 0.29) is 5.91 Å². The van der Waals surface area contributed by atoms with Crippen LogP contribution in [-0.4, -0.2) is 17.4 Å². The fraction of sp³-hybridized carbons (Fsp3) is 0.222. The maximum Gasteiger partial charge on any atom is 0.294 e. The number of ether oxygens (including phenoxy) is 1. The van der Waals surface area contributed by atoms with Crippen molar-refractivity contribution in [3.05, 3.63) is 54.0 Å². The predicted octanol–water partition coefficient (Wildman–Crippen LogP) is 3.09. The molecule has 118 valence electrons. The van der Waals surface area contributed by atoms with Gasteiger partial charge in [-0.05, 0) is 47.9 Å². The topological polar surface area (TPSA) is 68.5 Å². The monoisotopic (exact) mass is 309 g/mol. The lowest BCUT2D eigenvalue weighted by molar-refractivity contribution is -0.117. The zero-order valence-corrected chi connectivity index (χ0v) is 13.2. The number of nitrogen functional groups attached to an aromatic ring is 1. The van der Waals surface area contributed by atoms with Gasteiger partial charge in [0.1, 0.15) is 0 Å². The summed E-state index contributed by atoms with van der Waals surface area (Å²) in [6.07, 6.45) is 5.09. The number of pyridine rings is 1. The molecule has 1 amide bonds. The summed E-state index contributed by atoms with van der Waals surface area (Å²) in [6, 6.07) is 9.00. The van der Waals surface area contributed by atoms with Gasteiger partial charge in [-0.2, -0.15) is 0 Å². The van der Waals surface area contributed by atoms with E-state index in [2.05, 4.69) is 18.8 Å². The molecule has 2 N–H and O–H groups in total. The summed E-state index contributed by atoms with van der Waals surface area (Å²) >= 11 is 0. The van der Waals surface area contributed by atoms with Gasteiger partial charge in [-0.25, -0.2) is 0 Å². The Labute approximate surface area is 135 Å². The number of hydrogen-bond donors (Lipinski definition) is 1. The van der Waals surface area contributed by atoms with Crippen molar-refractivity contribution in [1.29, 1.82) is 0 Å². The highest BCUT2D eigenvalue weighted by Crippen LogP contribution is 2.37. The quantitative estimate of drug-likeness (QED) is 0.699. The lowest BCUT2D eigenvalue weighted by atomic mass is 10.1. The van der Waals surface area contributed by atoms with Gasteiger partial charge in [0.25, 0.3) is 5.91 Å². The van der Waals surface area contributed by atoms with E-state index in [1.807, 2.05) is 12.1 Å². The van der Waals surface area contributed by atoms with Crippen molar-refractivity contribution in [1.82, 2.24) is 4.98 Å². The number of carbonyl (C=O) groups excluding carboxylic acids is 1. The molecule has 0 atom stereocenters. The first-order chi connectivity index (χ1) is 11.0. The minimum Gasteiger partial charge on any atom is -0.449 e. The number of rotatable bonds is 3. The lowest BCUT2D eigenvalue weighted by Gasteiger charge is -2.32. The van der Waals surface area contributed by atoms with Crippen LogP contribution >= 0.6 is 0 Å². The zero-order chi connectivity index (χ0) is 16.4. The summed E-state index contributed by atoms with van der Waals surface area (Å²) < 4.78 is 5.81. The van der Waals surface area contributed by atoms with E-state index in [0.29, 0.717) is 29.7 Å². The number of amides is 1. The highest BCUT2D eigenvalue weighted by Gasteiger charge is 2.30. The summed E-state index contributed by atoms with van der Waals surface area (Å²) in [4.78, 5) is 18.5. The first kappa shape index (κ1) is 15.1. The largest absolute Gasteiger partial charge is 0.449 e. The molecule has 5 nitrogen and oxygen atoms in total. The van der Waals surface area contributed by atoms with E-state index in [9.17, 15) is 4.79 Å². The molecule has 3 rings (SSSR count). The molecule has 0 aliphatic carbocycles. The van der Waals surface area contributed by atoms with Crippen LogP contribution in [0.2, 0.25) is 0 Å². The molecular weight excluding hydrogens is 290 g/mol. The second kappa shape index (κ2) is 6.12. The molecule has 0 unspecified atom stereocenters. The summed E-state index contributed by atoms with van der Waals surface area (Å²) in [7, 11) is 0. The van der Waals surface area contributed by atoms with Gasteiger partial charge in [-0.1, -0.05) is 13.8 Å². The van der Waals surface area contributed by atoms with Crippen LogP contribution in [0.4, 0.5) is 11.4 Å². The van der Waals surface area contributed by atoms with Crippen LogP contribution in [0.15, 0.2) is 48.5 Å². The SMILES string of the molecule is CC(C)CN1C(=O)/C(=C\c2ccncc2)Oc2ccc(N)cc21. The Morgan fingerprint density at radius 1 is 1.26 bits per heavy atom. The molecule has 5 heteroatoms. The number of nitrogens with two attached hydrogens (primary N) is 1. The van der Waals surface area contributed by atoms with Gasteiger partial charge >= 0.3 is 0 Å². The first-order valence-corrected chi connectivity index (χ1v) is 7.55. The summed E-state index contributed by atoms with van der Waals surface area (Å²) in [5.74, 6) is 1.11. The second-order valence-corrected chi connectivity index (χ2v) is 5.93. The molecule has 0 saturated carbocycles. The fourth-order valence-electron chi connectivity index (χ4n) is 2.48. The maximum atomic E-state index is 12.8. The van der Waals surface area contributed by atoms with Crippen molar-refractivity contribution < 1.29 is 9.53 Å². The molecule has 0 fully saturated rings. The van der Waals surface area contributed by atoms with Gasteiger partial charge < -0.3 is 15.4 Å². The smallest absolute Gasteiger partial charge is 0.294 e. The number of aromatic nitrogens is 1. The number of carbonyl (C=O) groups is 1. The first-order valence-electron chi connectivity index (χ1n) is 7.55. The number of benzene rings is 1. The summed E-state index contributed by atoms with van der Waals surface area (Å²) in [5, 5.41) is 0. The van der Waals surface area contributed by atoms with Crippen molar-refractivity contribution in [2.75, 3.05) is 17.2 Å². The van der Waals surface area contributed by atoms with Crippen LogP contribution in [0.25, 0.3) is 6.08 Å². The van der Waals surface area contributed by atoms with Gasteiger partial charge in [0.05, 0.1) is 5.69 Å². The summed E-state index contributed by atoms with van der Waals surface area (Å²) in [6.45, 7) is 4.74. The van der Waals surface area contributed by atoms with E-state index in [1.165, 1.54) is 0 Å². The standard InChI is InChI=1S/C18H19N3O2/c1-12(2)11-21-15-10-14(19)3-4-16(15)23-17(18(21)22)9-13-5-7-20-8-6-13/h3-10,12H,11,19H2,1-2H3/b17-9+. The van der Waals surface area contributed by atoms with Crippen molar-refractivity contribution in [2.24, 2.45) is 5.92 Å². The summed E-state index contributed by atoms with van der Waals surface area (Å²) in [5.41, 5.74) is 8.06. The van der Waals surface area contributed by atoms with Gasteiger partial charge in [-0.15, -0.1) is 0 Å². The minimum absolute atomic E-state index is 0.159. The van der Waals surface area contributed by atoms with Crippen LogP contribution in [-0.2, 0) is 4.79 Å².